The smallest absolute Gasteiger partial charge is 0.230 e. The first-order valence-electron chi connectivity index (χ1n) is 9.25. The Kier molecular flexibility index (Phi) is 5.68. The van der Waals surface area contributed by atoms with Crippen molar-refractivity contribution in [1.29, 1.82) is 0 Å². The summed E-state index contributed by atoms with van der Waals surface area (Å²) >= 11 is 1.43. The van der Waals surface area contributed by atoms with E-state index in [1.165, 1.54) is 16.9 Å². The van der Waals surface area contributed by atoms with Crippen molar-refractivity contribution in [1.82, 2.24) is 4.98 Å². The van der Waals surface area contributed by atoms with E-state index in [2.05, 4.69) is 46.7 Å². The molecule has 0 saturated carbocycles. The van der Waals surface area contributed by atoms with Crippen LogP contribution in [0, 0.1) is 0 Å². The fourth-order valence-electron chi connectivity index (χ4n) is 3.02. The second kappa shape index (κ2) is 8.71. The van der Waals surface area contributed by atoms with Crippen molar-refractivity contribution < 1.29 is 9.53 Å². The first-order chi connectivity index (χ1) is 14.2. The van der Waals surface area contributed by atoms with Crippen molar-refractivity contribution in [3.05, 3.63) is 89.8 Å². The molecule has 0 saturated heterocycles. The van der Waals surface area contributed by atoms with Crippen molar-refractivity contribution in [3.63, 3.8) is 0 Å². The molecule has 1 aromatic heterocycles. The van der Waals surface area contributed by atoms with E-state index in [1.54, 1.807) is 7.11 Å². The number of rotatable bonds is 6. The highest BCUT2D eigenvalue weighted by atomic mass is 32.1. The Morgan fingerprint density at radius 3 is 2.24 bits per heavy atom. The Morgan fingerprint density at radius 2 is 1.55 bits per heavy atom. The molecule has 5 heteroatoms. The van der Waals surface area contributed by atoms with E-state index in [1.807, 2.05) is 47.8 Å². The van der Waals surface area contributed by atoms with Crippen molar-refractivity contribution in [2.24, 2.45) is 0 Å². The molecule has 0 aliphatic rings. The summed E-state index contributed by atoms with van der Waals surface area (Å²) in [6.45, 7) is 0. The molecule has 1 heterocycles. The van der Waals surface area contributed by atoms with E-state index >= 15 is 0 Å². The summed E-state index contributed by atoms with van der Waals surface area (Å²) in [6, 6.07) is 26.0. The Morgan fingerprint density at radius 1 is 0.897 bits per heavy atom. The van der Waals surface area contributed by atoms with Gasteiger partial charge >= 0.3 is 0 Å². The van der Waals surface area contributed by atoms with Crippen LogP contribution in [0.15, 0.2) is 84.2 Å². The van der Waals surface area contributed by atoms with Crippen molar-refractivity contribution >= 4 is 22.4 Å². The first-order valence-corrected chi connectivity index (χ1v) is 10.1. The largest absolute Gasteiger partial charge is 0.497 e. The molecule has 4 rings (SSSR count). The zero-order valence-corrected chi connectivity index (χ0v) is 16.8. The van der Waals surface area contributed by atoms with Crippen LogP contribution < -0.4 is 10.1 Å². The lowest BCUT2D eigenvalue weighted by Crippen LogP contribution is -2.14. The average Bonchev–Trinajstić information content (AvgIpc) is 3.23. The fraction of sp³-hybridized carbons (Fsp3) is 0.0833. The molecule has 0 unspecified atom stereocenters. The number of carbonyl (C=O) groups excluding carboxylic acids is 1. The minimum Gasteiger partial charge on any atom is -0.497 e. The van der Waals surface area contributed by atoms with E-state index in [0.29, 0.717) is 11.6 Å². The predicted octanol–water partition coefficient (Wildman–Crippen LogP) is 5.67. The zero-order chi connectivity index (χ0) is 20.1. The second-order valence-electron chi connectivity index (χ2n) is 6.55. The molecule has 4 nitrogen and oxygen atoms in total. The average molecular weight is 401 g/mol. The summed E-state index contributed by atoms with van der Waals surface area (Å²) in [6.07, 6.45) is 0.296. The maximum absolute atomic E-state index is 12.3. The molecule has 0 aliphatic heterocycles. The lowest BCUT2D eigenvalue weighted by Gasteiger charge is -2.04. The van der Waals surface area contributed by atoms with Crippen LogP contribution >= 0.6 is 11.3 Å². The third-order valence-corrected chi connectivity index (χ3v) is 5.32. The number of carbonyl (C=O) groups is 1. The van der Waals surface area contributed by atoms with Crippen LogP contribution in [0.25, 0.3) is 22.4 Å². The van der Waals surface area contributed by atoms with Crippen LogP contribution in [0.5, 0.6) is 5.75 Å². The normalized spacial score (nSPS) is 10.5. The molecule has 0 atom stereocenters. The number of aromatic nitrogens is 1. The summed E-state index contributed by atoms with van der Waals surface area (Å²) in [4.78, 5) is 16.9. The first kappa shape index (κ1) is 18.9. The van der Waals surface area contributed by atoms with Gasteiger partial charge in [0.1, 0.15) is 5.75 Å². The number of nitrogens with one attached hydrogen (secondary N) is 1. The van der Waals surface area contributed by atoms with Crippen LogP contribution in [-0.2, 0) is 11.2 Å². The van der Waals surface area contributed by atoms with Gasteiger partial charge in [0.25, 0.3) is 0 Å². The van der Waals surface area contributed by atoms with Gasteiger partial charge in [0.2, 0.25) is 5.91 Å². The van der Waals surface area contributed by atoms with Gasteiger partial charge in [0, 0.05) is 10.9 Å². The molecule has 0 spiro atoms. The Bertz CT molecular complexity index is 1090. The van der Waals surface area contributed by atoms with Crippen LogP contribution in [0.2, 0.25) is 0 Å². The van der Waals surface area contributed by atoms with Gasteiger partial charge in [-0.2, -0.15) is 0 Å². The standard InChI is InChI=1S/C24H20N2O2S/c1-28-21-13-7-17(8-14-21)15-23(27)26-24-25-22(16-29-24)20-11-9-19(10-12-20)18-5-3-2-4-6-18/h2-14,16H,15H2,1H3,(H,25,26,27). The number of thiazole rings is 1. The van der Waals surface area contributed by atoms with Gasteiger partial charge in [-0.25, -0.2) is 4.98 Å². The van der Waals surface area contributed by atoms with Gasteiger partial charge in [-0.15, -0.1) is 11.3 Å². The third kappa shape index (κ3) is 4.70. The molecule has 144 valence electrons. The number of methoxy groups -OCH3 is 1. The molecule has 1 N–H and O–H groups in total. The minimum atomic E-state index is -0.0875. The molecule has 0 radical (unpaired) electrons. The number of benzene rings is 3. The Labute approximate surface area is 173 Å². The highest BCUT2D eigenvalue weighted by Gasteiger charge is 2.09. The zero-order valence-electron chi connectivity index (χ0n) is 16.0. The van der Waals surface area contributed by atoms with Crippen molar-refractivity contribution in [2.75, 3.05) is 12.4 Å². The predicted molar refractivity (Wildman–Crippen MR) is 118 cm³/mol. The maximum atomic E-state index is 12.3. The fourth-order valence-corrected chi connectivity index (χ4v) is 3.76. The van der Waals surface area contributed by atoms with Gasteiger partial charge in [0.15, 0.2) is 5.13 Å². The Hall–Kier alpha value is -3.44. The van der Waals surface area contributed by atoms with E-state index in [0.717, 1.165) is 28.1 Å². The molecule has 29 heavy (non-hydrogen) atoms. The van der Waals surface area contributed by atoms with Gasteiger partial charge in [0.05, 0.1) is 19.2 Å². The number of hydrogen-bond acceptors (Lipinski definition) is 4. The highest BCUT2D eigenvalue weighted by molar-refractivity contribution is 7.14. The molecular formula is C24H20N2O2S. The minimum absolute atomic E-state index is 0.0875. The molecule has 4 aromatic rings. The number of ether oxygens (including phenoxy) is 1. The van der Waals surface area contributed by atoms with Gasteiger partial charge in [-0.05, 0) is 28.8 Å². The third-order valence-electron chi connectivity index (χ3n) is 4.56. The number of hydrogen-bond donors (Lipinski definition) is 1. The lowest BCUT2D eigenvalue weighted by molar-refractivity contribution is -0.115. The SMILES string of the molecule is COc1ccc(CC(=O)Nc2nc(-c3ccc(-c4ccccc4)cc3)cs2)cc1. The van der Waals surface area contributed by atoms with Crippen molar-refractivity contribution in [3.8, 4) is 28.1 Å². The maximum Gasteiger partial charge on any atom is 0.230 e. The van der Waals surface area contributed by atoms with Gasteiger partial charge < -0.3 is 10.1 Å². The van der Waals surface area contributed by atoms with E-state index < -0.39 is 0 Å². The van der Waals surface area contributed by atoms with Crippen LogP contribution in [0.1, 0.15) is 5.56 Å². The molecule has 3 aromatic carbocycles. The quantitative estimate of drug-likeness (QED) is 0.454. The van der Waals surface area contributed by atoms with Crippen LogP contribution in [-0.4, -0.2) is 18.0 Å². The number of nitrogens with zero attached hydrogens (tertiary/aromatic N) is 1. The van der Waals surface area contributed by atoms with E-state index in [9.17, 15) is 4.79 Å². The summed E-state index contributed by atoms with van der Waals surface area (Å²) < 4.78 is 5.14. The van der Waals surface area contributed by atoms with Crippen LogP contribution in [0.3, 0.4) is 0 Å². The number of anilines is 1. The molecule has 0 fully saturated rings. The molecule has 0 bridgehead atoms. The lowest BCUT2D eigenvalue weighted by atomic mass is 10.0. The second-order valence-corrected chi connectivity index (χ2v) is 7.41. The van der Waals surface area contributed by atoms with Crippen LogP contribution in [0.4, 0.5) is 5.13 Å². The Balaban J connectivity index is 1.40. The van der Waals surface area contributed by atoms with Crippen molar-refractivity contribution in [2.45, 2.75) is 6.42 Å². The van der Waals surface area contributed by atoms with Gasteiger partial charge in [-0.3, -0.25) is 4.79 Å². The van der Waals surface area contributed by atoms with E-state index in [-0.39, 0.29) is 5.91 Å². The summed E-state index contributed by atoms with van der Waals surface area (Å²) in [5.74, 6) is 0.687. The molecule has 0 aliphatic carbocycles. The summed E-state index contributed by atoms with van der Waals surface area (Å²) in [5.41, 5.74) is 5.16. The monoisotopic (exact) mass is 400 g/mol. The van der Waals surface area contributed by atoms with E-state index in [4.69, 9.17) is 4.74 Å². The highest BCUT2D eigenvalue weighted by Crippen LogP contribution is 2.27. The summed E-state index contributed by atoms with van der Waals surface area (Å²) in [5, 5.41) is 5.44. The molecule has 1 amide bonds. The van der Waals surface area contributed by atoms with Gasteiger partial charge in [-0.1, -0.05) is 66.7 Å². The number of amides is 1. The molecular weight excluding hydrogens is 380 g/mol. The summed E-state index contributed by atoms with van der Waals surface area (Å²) in [7, 11) is 1.62. The topological polar surface area (TPSA) is 51.2 Å².